The minimum Gasteiger partial charge on any atom is -0.506 e. The van der Waals surface area contributed by atoms with E-state index in [4.69, 9.17) is 12.2 Å². The van der Waals surface area contributed by atoms with Crippen molar-refractivity contribution in [2.45, 2.75) is 19.9 Å². The second-order valence-electron chi connectivity index (χ2n) is 6.36. The molecular formula is C20H16Br2N2O3S2. The van der Waals surface area contributed by atoms with Gasteiger partial charge in [-0.05, 0) is 59.6 Å². The lowest BCUT2D eigenvalue weighted by atomic mass is 10.1. The summed E-state index contributed by atoms with van der Waals surface area (Å²) in [6, 6.07) is 10.0. The lowest BCUT2D eigenvalue weighted by molar-refractivity contribution is -0.129. The van der Waals surface area contributed by atoms with Gasteiger partial charge >= 0.3 is 0 Å². The molecule has 1 aliphatic heterocycles. The molecular weight excluding hydrogens is 540 g/mol. The Labute approximate surface area is 194 Å². The van der Waals surface area contributed by atoms with Crippen LogP contribution < -0.4 is 5.32 Å². The molecule has 2 N–H and O–H groups in total. The maximum atomic E-state index is 12.9. The first kappa shape index (κ1) is 22.0. The third-order valence-electron chi connectivity index (χ3n) is 4.34. The van der Waals surface area contributed by atoms with Gasteiger partial charge in [-0.15, -0.1) is 0 Å². The Morgan fingerprint density at radius 2 is 2.00 bits per heavy atom. The Balaban J connectivity index is 1.83. The second kappa shape index (κ2) is 8.99. The van der Waals surface area contributed by atoms with Crippen molar-refractivity contribution < 1.29 is 14.7 Å². The number of aryl methyl sites for hydroxylation is 1. The van der Waals surface area contributed by atoms with E-state index in [1.165, 1.54) is 4.90 Å². The number of nitrogens with zero attached hydrogens (tertiary/aromatic N) is 1. The molecule has 0 aromatic heterocycles. The molecule has 9 heteroatoms. The quantitative estimate of drug-likeness (QED) is 0.387. The van der Waals surface area contributed by atoms with Crippen LogP contribution >= 0.6 is 55.8 Å². The first-order valence-electron chi connectivity index (χ1n) is 8.50. The van der Waals surface area contributed by atoms with Crippen LogP contribution in [-0.4, -0.2) is 32.2 Å². The Hall–Kier alpha value is -1.68. The molecule has 2 aromatic rings. The average Bonchev–Trinajstić information content (AvgIpc) is 2.93. The summed E-state index contributed by atoms with van der Waals surface area (Å²) in [5.41, 5.74) is 2.08. The summed E-state index contributed by atoms with van der Waals surface area (Å²) in [5.74, 6) is -0.684. The number of aromatic hydroxyl groups is 1. The number of phenols is 1. The van der Waals surface area contributed by atoms with Crippen molar-refractivity contribution in [1.82, 2.24) is 4.90 Å². The SMILES string of the molecule is Cc1ccccc1NC(=O)C(C)N1C(=O)/C(=C/c2cc(Br)cc(Br)c2O)SC1=S. The van der Waals surface area contributed by atoms with Gasteiger partial charge in [-0.1, -0.05) is 58.1 Å². The maximum Gasteiger partial charge on any atom is 0.266 e. The van der Waals surface area contributed by atoms with Gasteiger partial charge in [-0.2, -0.15) is 0 Å². The van der Waals surface area contributed by atoms with E-state index in [0.29, 0.717) is 24.9 Å². The van der Waals surface area contributed by atoms with Gasteiger partial charge in [0.15, 0.2) is 0 Å². The number of thiocarbonyl (C=S) groups is 1. The van der Waals surface area contributed by atoms with E-state index in [1.807, 2.05) is 25.1 Å². The molecule has 3 rings (SSSR count). The Kier molecular flexibility index (Phi) is 6.83. The summed E-state index contributed by atoms with van der Waals surface area (Å²) in [6.07, 6.45) is 1.57. The lowest BCUT2D eigenvalue weighted by Crippen LogP contribution is -2.44. The van der Waals surface area contributed by atoms with E-state index in [2.05, 4.69) is 37.2 Å². The van der Waals surface area contributed by atoms with Gasteiger partial charge in [-0.25, -0.2) is 0 Å². The molecule has 0 saturated carbocycles. The van der Waals surface area contributed by atoms with Crippen molar-refractivity contribution in [2.24, 2.45) is 0 Å². The van der Waals surface area contributed by atoms with Crippen LogP contribution in [0.5, 0.6) is 5.75 Å². The first-order chi connectivity index (χ1) is 13.7. The molecule has 0 bridgehead atoms. The van der Waals surface area contributed by atoms with Gasteiger partial charge in [0.25, 0.3) is 5.91 Å². The number of para-hydroxylation sites is 1. The molecule has 5 nitrogen and oxygen atoms in total. The fourth-order valence-electron chi connectivity index (χ4n) is 2.72. The van der Waals surface area contributed by atoms with Gasteiger partial charge in [0.1, 0.15) is 16.1 Å². The molecule has 2 amide bonds. The summed E-state index contributed by atoms with van der Waals surface area (Å²) in [5, 5.41) is 13.1. The zero-order chi connectivity index (χ0) is 21.3. The van der Waals surface area contributed by atoms with Gasteiger partial charge in [0, 0.05) is 15.7 Å². The molecule has 1 heterocycles. The monoisotopic (exact) mass is 554 g/mol. The molecule has 1 fully saturated rings. The number of phenolic OH excluding ortho intramolecular Hbond substituents is 1. The molecule has 0 spiro atoms. The molecule has 2 aromatic carbocycles. The highest BCUT2D eigenvalue weighted by atomic mass is 79.9. The van der Waals surface area contributed by atoms with Gasteiger partial charge in [0.05, 0.1) is 9.38 Å². The number of anilines is 1. The number of hydrogen-bond acceptors (Lipinski definition) is 5. The van der Waals surface area contributed by atoms with E-state index >= 15 is 0 Å². The summed E-state index contributed by atoms with van der Waals surface area (Å²) < 4.78 is 1.54. The lowest BCUT2D eigenvalue weighted by Gasteiger charge is -2.22. The van der Waals surface area contributed by atoms with E-state index in [9.17, 15) is 14.7 Å². The van der Waals surface area contributed by atoms with Crippen molar-refractivity contribution in [1.29, 1.82) is 0 Å². The summed E-state index contributed by atoms with van der Waals surface area (Å²) in [4.78, 5) is 27.3. The molecule has 0 aliphatic carbocycles. The first-order valence-corrected chi connectivity index (χ1v) is 11.3. The van der Waals surface area contributed by atoms with Gasteiger partial charge in [0.2, 0.25) is 5.91 Å². The third-order valence-corrected chi connectivity index (χ3v) is 6.73. The zero-order valence-corrected chi connectivity index (χ0v) is 20.2. The number of rotatable bonds is 4. The van der Waals surface area contributed by atoms with Gasteiger partial charge in [-0.3, -0.25) is 14.5 Å². The largest absolute Gasteiger partial charge is 0.506 e. The molecule has 1 unspecified atom stereocenters. The number of nitrogens with one attached hydrogen (secondary N) is 1. The van der Waals surface area contributed by atoms with Crippen LogP contribution in [0.2, 0.25) is 0 Å². The summed E-state index contributed by atoms with van der Waals surface area (Å²) in [6.45, 7) is 3.53. The number of carbonyl (C=O) groups is 2. The number of halogens is 2. The van der Waals surface area contributed by atoms with Crippen LogP contribution in [0.4, 0.5) is 5.69 Å². The molecule has 0 radical (unpaired) electrons. The van der Waals surface area contributed by atoms with Crippen LogP contribution in [0, 0.1) is 6.92 Å². The highest BCUT2D eigenvalue weighted by Gasteiger charge is 2.38. The minimum absolute atomic E-state index is 0.0174. The van der Waals surface area contributed by atoms with Crippen molar-refractivity contribution in [2.75, 3.05) is 5.32 Å². The number of amides is 2. The zero-order valence-electron chi connectivity index (χ0n) is 15.4. The molecule has 150 valence electrons. The second-order valence-corrected chi connectivity index (χ2v) is 9.80. The van der Waals surface area contributed by atoms with Crippen LogP contribution in [-0.2, 0) is 9.59 Å². The van der Waals surface area contributed by atoms with E-state index in [0.717, 1.165) is 21.8 Å². The predicted molar refractivity (Wildman–Crippen MR) is 128 cm³/mol. The topological polar surface area (TPSA) is 69.6 Å². The summed E-state index contributed by atoms with van der Waals surface area (Å²) >= 11 is 13.1. The van der Waals surface area contributed by atoms with Gasteiger partial charge < -0.3 is 10.4 Å². The average molecular weight is 556 g/mol. The normalized spacial score (nSPS) is 16.4. The standard InChI is InChI=1S/C20H16Br2N2O3S2/c1-10-5-3-4-6-15(10)23-18(26)11(2)24-19(27)16(29-20(24)28)8-12-7-13(21)9-14(22)17(12)25/h3-9,11,25H,1-2H3,(H,23,26)/b16-8-. The molecule has 1 saturated heterocycles. The maximum absolute atomic E-state index is 12.9. The molecule has 29 heavy (non-hydrogen) atoms. The minimum atomic E-state index is -0.782. The Morgan fingerprint density at radius 3 is 2.69 bits per heavy atom. The van der Waals surface area contributed by atoms with E-state index in [-0.39, 0.29) is 17.6 Å². The van der Waals surface area contributed by atoms with Crippen LogP contribution in [0.3, 0.4) is 0 Å². The highest BCUT2D eigenvalue weighted by Crippen LogP contribution is 2.38. The predicted octanol–water partition coefficient (Wildman–Crippen LogP) is 5.45. The van der Waals surface area contributed by atoms with E-state index in [1.54, 1.807) is 31.2 Å². The van der Waals surface area contributed by atoms with E-state index < -0.39 is 6.04 Å². The van der Waals surface area contributed by atoms with Crippen LogP contribution in [0.15, 0.2) is 50.2 Å². The van der Waals surface area contributed by atoms with Crippen molar-refractivity contribution in [3.63, 3.8) is 0 Å². The number of carbonyl (C=O) groups excluding carboxylic acids is 2. The fourth-order valence-corrected chi connectivity index (χ4v) is 5.39. The van der Waals surface area contributed by atoms with Crippen LogP contribution in [0.25, 0.3) is 6.08 Å². The number of thioether (sulfide) groups is 1. The Morgan fingerprint density at radius 1 is 1.31 bits per heavy atom. The van der Waals surface area contributed by atoms with Crippen molar-refractivity contribution >= 4 is 83.7 Å². The number of benzene rings is 2. The smallest absolute Gasteiger partial charge is 0.266 e. The molecule has 1 aliphatic rings. The molecule has 1 atom stereocenters. The highest BCUT2D eigenvalue weighted by molar-refractivity contribution is 9.11. The summed E-state index contributed by atoms with van der Waals surface area (Å²) in [7, 11) is 0. The number of hydrogen-bond donors (Lipinski definition) is 2. The van der Waals surface area contributed by atoms with Crippen molar-refractivity contribution in [3.05, 3.63) is 61.4 Å². The third kappa shape index (κ3) is 4.74. The van der Waals surface area contributed by atoms with Crippen molar-refractivity contribution in [3.8, 4) is 5.75 Å². The van der Waals surface area contributed by atoms with Crippen LogP contribution in [0.1, 0.15) is 18.1 Å². The fraction of sp³-hybridized carbons (Fsp3) is 0.150. The Bertz CT molecular complexity index is 1060.